The number of benzene rings is 2. The van der Waals surface area contributed by atoms with Crippen molar-refractivity contribution < 1.29 is 9.18 Å². The maximum absolute atomic E-state index is 13.2. The number of likely N-dealkylation sites (N-methyl/N-ethyl adjacent to an activating group) is 1. The number of amides is 1. The fourth-order valence-corrected chi connectivity index (χ4v) is 4.92. The maximum Gasteiger partial charge on any atom is 0.246 e. The van der Waals surface area contributed by atoms with Crippen molar-refractivity contribution in [1.29, 1.82) is 0 Å². The van der Waals surface area contributed by atoms with Crippen molar-refractivity contribution in [2.24, 2.45) is 0 Å². The maximum atomic E-state index is 13.2. The summed E-state index contributed by atoms with van der Waals surface area (Å²) in [6.45, 7) is 10.2. The number of hydrogen-bond acceptors (Lipinski definition) is 4. The van der Waals surface area contributed by atoms with Crippen molar-refractivity contribution in [3.63, 3.8) is 0 Å². The normalized spacial score (nSPS) is 20.8. The summed E-state index contributed by atoms with van der Waals surface area (Å²) in [5, 5.41) is 0.721. The van der Waals surface area contributed by atoms with E-state index in [0.717, 1.165) is 74.1 Å². The predicted molar refractivity (Wildman–Crippen MR) is 136 cm³/mol. The molecule has 0 aromatic heterocycles. The van der Waals surface area contributed by atoms with Crippen molar-refractivity contribution in [3.8, 4) is 0 Å². The molecule has 0 spiro atoms. The van der Waals surface area contributed by atoms with Gasteiger partial charge in [0.25, 0.3) is 0 Å². The zero-order chi connectivity index (χ0) is 24.1. The van der Waals surface area contributed by atoms with Gasteiger partial charge in [-0.05, 0) is 61.0 Å². The van der Waals surface area contributed by atoms with E-state index >= 15 is 0 Å². The van der Waals surface area contributed by atoms with Crippen molar-refractivity contribution >= 4 is 23.6 Å². The second-order valence-electron chi connectivity index (χ2n) is 9.50. The molecule has 2 aliphatic heterocycles. The third-order valence-corrected chi connectivity index (χ3v) is 7.05. The molecule has 1 unspecified atom stereocenters. The standard InChI is InChI=1S/C27H34ClFN4O/c1-21-18-32(19-22-3-8-26(29)9-4-22)15-16-33(21)27(34)10-6-23-5-7-25(28)17-24(23)20-31-13-11-30(2)12-14-31/h3-10,17,21H,11-16,18-20H2,1-2H3. The molecule has 1 amide bonds. The Labute approximate surface area is 207 Å². The molecule has 7 heteroatoms. The van der Waals surface area contributed by atoms with E-state index in [1.54, 1.807) is 6.08 Å². The largest absolute Gasteiger partial charge is 0.334 e. The number of piperazine rings is 2. The van der Waals surface area contributed by atoms with Crippen molar-refractivity contribution in [1.82, 2.24) is 19.6 Å². The van der Waals surface area contributed by atoms with E-state index in [2.05, 4.69) is 28.7 Å². The second kappa shape index (κ2) is 11.5. The summed E-state index contributed by atoms with van der Waals surface area (Å²) in [6, 6.07) is 12.7. The van der Waals surface area contributed by atoms with Gasteiger partial charge in [-0.1, -0.05) is 29.8 Å². The highest BCUT2D eigenvalue weighted by Crippen LogP contribution is 2.21. The van der Waals surface area contributed by atoms with E-state index in [1.165, 1.54) is 12.1 Å². The summed E-state index contributed by atoms with van der Waals surface area (Å²) >= 11 is 6.29. The zero-order valence-corrected chi connectivity index (χ0v) is 20.8. The number of carbonyl (C=O) groups excluding carboxylic acids is 1. The van der Waals surface area contributed by atoms with Gasteiger partial charge in [-0.3, -0.25) is 14.6 Å². The summed E-state index contributed by atoms with van der Waals surface area (Å²) in [6.07, 6.45) is 3.63. The van der Waals surface area contributed by atoms with E-state index < -0.39 is 0 Å². The first kappa shape index (κ1) is 24.9. The molecule has 2 aromatic carbocycles. The molecule has 5 nitrogen and oxygen atoms in total. The van der Waals surface area contributed by atoms with Gasteiger partial charge >= 0.3 is 0 Å². The summed E-state index contributed by atoms with van der Waals surface area (Å²) in [5.41, 5.74) is 3.28. The monoisotopic (exact) mass is 484 g/mol. The van der Waals surface area contributed by atoms with Crippen LogP contribution in [-0.2, 0) is 17.9 Å². The third-order valence-electron chi connectivity index (χ3n) is 6.81. The summed E-state index contributed by atoms with van der Waals surface area (Å²) in [4.78, 5) is 22.1. The Morgan fingerprint density at radius 1 is 1.00 bits per heavy atom. The van der Waals surface area contributed by atoms with Gasteiger partial charge in [0.15, 0.2) is 0 Å². The molecular formula is C27H34ClFN4O. The Hall–Kier alpha value is -2.25. The van der Waals surface area contributed by atoms with Crippen LogP contribution in [0.25, 0.3) is 6.08 Å². The van der Waals surface area contributed by atoms with Gasteiger partial charge in [-0.25, -0.2) is 4.39 Å². The first-order valence-electron chi connectivity index (χ1n) is 12.0. The van der Waals surface area contributed by atoms with E-state index in [9.17, 15) is 9.18 Å². The van der Waals surface area contributed by atoms with E-state index in [1.807, 2.05) is 41.3 Å². The van der Waals surface area contributed by atoms with Crippen LogP contribution in [0.4, 0.5) is 4.39 Å². The molecule has 0 N–H and O–H groups in total. The molecule has 0 aliphatic carbocycles. The van der Waals surface area contributed by atoms with E-state index in [-0.39, 0.29) is 17.8 Å². The minimum absolute atomic E-state index is 0.0365. The summed E-state index contributed by atoms with van der Waals surface area (Å²) in [5.74, 6) is -0.180. The lowest BCUT2D eigenvalue weighted by Crippen LogP contribution is -2.53. The van der Waals surface area contributed by atoms with Crippen LogP contribution in [0.2, 0.25) is 5.02 Å². The Balaban J connectivity index is 1.35. The highest BCUT2D eigenvalue weighted by molar-refractivity contribution is 6.30. The van der Waals surface area contributed by atoms with Crippen LogP contribution in [0.3, 0.4) is 0 Å². The van der Waals surface area contributed by atoms with Crippen LogP contribution < -0.4 is 0 Å². The molecule has 34 heavy (non-hydrogen) atoms. The molecule has 4 rings (SSSR count). The molecule has 2 heterocycles. The van der Waals surface area contributed by atoms with Gasteiger partial charge < -0.3 is 9.80 Å². The topological polar surface area (TPSA) is 30.0 Å². The van der Waals surface area contributed by atoms with E-state index in [4.69, 9.17) is 11.6 Å². The first-order chi connectivity index (χ1) is 16.4. The molecule has 182 valence electrons. The molecule has 2 aliphatic rings. The van der Waals surface area contributed by atoms with Gasteiger partial charge in [0, 0.05) is 76.0 Å². The van der Waals surface area contributed by atoms with Gasteiger partial charge in [-0.2, -0.15) is 0 Å². The quantitative estimate of drug-likeness (QED) is 0.580. The number of halogens is 2. The van der Waals surface area contributed by atoms with Crippen molar-refractivity contribution in [3.05, 3.63) is 76.1 Å². The minimum atomic E-state index is -0.216. The van der Waals surface area contributed by atoms with Gasteiger partial charge in [0.1, 0.15) is 5.82 Å². The third kappa shape index (κ3) is 6.66. The molecular weight excluding hydrogens is 451 g/mol. The zero-order valence-electron chi connectivity index (χ0n) is 20.1. The highest BCUT2D eigenvalue weighted by atomic mass is 35.5. The van der Waals surface area contributed by atoms with Crippen LogP contribution in [0.15, 0.2) is 48.5 Å². The van der Waals surface area contributed by atoms with Crippen LogP contribution in [-0.4, -0.2) is 84.4 Å². The van der Waals surface area contributed by atoms with E-state index in [0.29, 0.717) is 6.54 Å². The summed E-state index contributed by atoms with van der Waals surface area (Å²) < 4.78 is 13.2. The average molecular weight is 485 g/mol. The Kier molecular flexibility index (Phi) is 8.37. The second-order valence-corrected chi connectivity index (χ2v) is 9.93. The molecule has 1 atom stereocenters. The Morgan fingerprint density at radius 2 is 1.71 bits per heavy atom. The molecule has 2 aromatic rings. The molecule has 2 saturated heterocycles. The van der Waals surface area contributed by atoms with Crippen LogP contribution in [0.5, 0.6) is 0 Å². The lowest BCUT2D eigenvalue weighted by molar-refractivity contribution is -0.130. The number of rotatable bonds is 6. The van der Waals surface area contributed by atoms with Gasteiger partial charge in [0.05, 0.1) is 0 Å². The average Bonchev–Trinajstić information content (AvgIpc) is 2.81. The lowest BCUT2D eigenvalue weighted by Gasteiger charge is -2.39. The minimum Gasteiger partial charge on any atom is -0.334 e. The van der Waals surface area contributed by atoms with Crippen LogP contribution in [0, 0.1) is 5.82 Å². The van der Waals surface area contributed by atoms with Crippen LogP contribution in [0.1, 0.15) is 23.6 Å². The van der Waals surface area contributed by atoms with Gasteiger partial charge in [0.2, 0.25) is 5.91 Å². The SMILES string of the molecule is CC1CN(Cc2ccc(F)cc2)CCN1C(=O)C=Cc1ccc(Cl)cc1CN1CCN(C)CC1. The lowest BCUT2D eigenvalue weighted by atomic mass is 10.1. The number of carbonyl (C=O) groups is 1. The number of nitrogens with zero attached hydrogens (tertiary/aromatic N) is 4. The first-order valence-corrected chi connectivity index (χ1v) is 12.4. The molecule has 0 radical (unpaired) electrons. The fourth-order valence-electron chi connectivity index (χ4n) is 4.73. The summed E-state index contributed by atoms with van der Waals surface area (Å²) in [7, 11) is 2.15. The van der Waals surface area contributed by atoms with Crippen molar-refractivity contribution in [2.75, 3.05) is 52.9 Å². The smallest absolute Gasteiger partial charge is 0.246 e. The van der Waals surface area contributed by atoms with Crippen molar-refractivity contribution in [2.45, 2.75) is 26.1 Å². The highest BCUT2D eigenvalue weighted by Gasteiger charge is 2.26. The van der Waals surface area contributed by atoms with Crippen LogP contribution >= 0.6 is 11.6 Å². The van der Waals surface area contributed by atoms with Gasteiger partial charge in [-0.15, -0.1) is 0 Å². The fraction of sp³-hybridized carbons (Fsp3) is 0.444. The molecule has 2 fully saturated rings. The molecule has 0 bridgehead atoms. The molecule has 0 saturated carbocycles. The predicted octanol–water partition coefficient (Wildman–Crippen LogP) is 3.97. The Morgan fingerprint density at radius 3 is 2.41 bits per heavy atom. The Bertz CT molecular complexity index is 1000. The number of hydrogen-bond donors (Lipinski definition) is 0.